The molecule has 0 aliphatic carbocycles. The molecule has 4 heteroatoms. The van der Waals surface area contributed by atoms with Gasteiger partial charge in [0.05, 0.1) is 11.0 Å². The molecule has 0 bridgehead atoms. The van der Waals surface area contributed by atoms with E-state index in [0.717, 1.165) is 34.7 Å². The van der Waals surface area contributed by atoms with Crippen molar-refractivity contribution in [1.29, 1.82) is 0 Å². The zero-order valence-corrected chi connectivity index (χ0v) is 13.2. The molecule has 0 aliphatic rings. The van der Waals surface area contributed by atoms with Gasteiger partial charge in [0.25, 0.3) is 0 Å². The van der Waals surface area contributed by atoms with Crippen LogP contribution < -0.4 is 5.73 Å². The van der Waals surface area contributed by atoms with Gasteiger partial charge in [0, 0.05) is 22.8 Å². The van der Waals surface area contributed by atoms with Crippen molar-refractivity contribution in [3.05, 3.63) is 46.5 Å². The van der Waals surface area contributed by atoms with Crippen molar-refractivity contribution in [2.24, 2.45) is 0 Å². The maximum absolute atomic E-state index is 6.08. The van der Waals surface area contributed by atoms with Gasteiger partial charge in [0.2, 0.25) is 0 Å². The number of imidazole rings is 1. The molecule has 2 aromatic carbocycles. The lowest BCUT2D eigenvalue weighted by Crippen LogP contribution is -2.01. The molecule has 0 radical (unpaired) electrons. The number of hydrogen-bond acceptors (Lipinski definition) is 2. The minimum atomic E-state index is 0.704. The van der Waals surface area contributed by atoms with E-state index in [-0.39, 0.29) is 0 Å². The molecule has 0 atom stereocenters. The summed E-state index contributed by atoms with van der Waals surface area (Å²) in [6.45, 7) is 7.15. The van der Waals surface area contributed by atoms with Crippen LogP contribution in [-0.4, -0.2) is 9.55 Å². The highest BCUT2D eigenvalue weighted by atomic mass is 35.5. The number of nitrogens with zero attached hydrogens (tertiary/aromatic N) is 2. The van der Waals surface area contributed by atoms with Gasteiger partial charge < -0.3 is 10.3 Å². The fourth-order valence-electron chi connectivity index (χ4n) is 2.75. The van der Waals surface area contributed by atoms with Gasteiger partial charge in [0.1, 0.15) is 5.82 Å². The van der Waals surface area contributed by atoms with Crippen molar-refractivity contribution in [3.63, 3.8) is 0 Å². The van der Waals surface area contributed by atoms with E-state index in [1.165, 1.54) is 11.1 Å². The number of hydrogen-bond donors (Lipinski definition) is 1. The Morgan fingerprint density at radius 3 is 2.67 bits per heavy atom. The SMILES string of the molecule is CCn1c(-c2cc(N)cc(C)c2C)nc2cc(Cl)ccc21. The number of nitrogen functional groups attached to an aromatic ring is 1. The van der Waals surface area contributed by atoms with Crippen molar-refractivity contribution in [2.45, 2.75) is 27.3 Å². The highest BCUT2D eigenvalue weighted by Crippen LogP contribution is 2.31. The fraction of sp³-hybridized carbons (Fsp3) is 0.235. The van der Waals surface area contributed by atoms with Crippen LogP contribution in [0, 0.1) is 13.8 Å². The van der Waals surface area contributed by atoms with Crippen molar-refractivity contribution >= 4 is 28.3 Å². The molecule has 0 amide bonds. The highest BCUT2D eigenvalue weighted by molar-refractivity contribution is 6.31. The minimum absolute atomic E-state index is 0.704. The Balaban J connectivity index is 2.35. The number of nitrogens with two attached hydrogens (primary N) is 1. The van der Waals surface area contributed by atoms with Crippen LogP contribution in [-0.2, 0) is 6.54 Å². The molecule has 0 saturated heterocycles. The topological polar surface area (TPSA) is 43.8 Å². The summed E-state index contributed by atoms with van der Waals surface area (Å²) in [5.74, 6) is 0.947. The van der Waals surface area contributed by atoms with Gasteiger partial charge >= 0.3 is 0 Å². The number of rotatable bonds is 2. The average molecular weight is 300 g/mol. The first-order chi connectivity index (χ1) is 10.0. The summed E-state index contributed by atoms with van der Waals surface area (Å²) in [4.78, 5) is 4.78. The summed E-state index contributed by atoms with van der Waals surface area (Å²) in [5, 5.41) is 0.704. The van der Waals surface area contributed by atoms with E-state index in [1.54, 1.807) is 0 Å². The van der Waals surface area contributed by atoms with Gasteiger partial charge in [-0.25, -0.2) is 4.98 Å². The van der Waals surface area contributed by atoms with Crippen LogP contribution in [0.3, 0.4) is 0 Å². The Morgan fingerprint density at radius 2 is 1.95 bits per heavy atom. The fourth-order valence-corrected chi connectivity index (χ4v) is 2.91. The summed E-state index contributed by atoms with van der Waals surface area (Å²) in [6.07, 6.45) is 0. The Hall–Kier alpha value is -2.00. The summed E-state index contributed by atoms with van der Waals surface area (Å²) in [5.41, 5.74) is 12.3. The lowest BCUT2D eigenvalue weighted by atomic mass is 10.0. The monoisotopic (exact) mass is 299 g/mol. The third-order valence-electron chi connectivity index (χ3n) is 3.96. The van der Waals surface area contributed by atoms with Gasteiger partial charge in [-0.1, -0.05) is 11.6 Å². The molecule has 3 nitrogen and oxygen atoms in total. The smallest absolute Gasteiger partial charge is 0.141 e. The number of anilines is 1. The van der Waals surface area contributed by atoms with Crippen LogP contribution in [0.1, 0.15) is 18.1 Å². The predicted octanol–water partition coefficient (Wildman–Crippen LogP) is 4.58. The Kier molecular flexibility index (Phi) is 3.38. The first-order valence-electron chi connectivity index (χ1n) is 7.04. The van der Waals surface area contributed by atoms with Gasteiger partial charge in [-0.15, -0.1) is 0 Å². The minimum Gasteiger partial charge on any atom is -0.399 e. The second-order valence-corrected chi connectivity index (χ2v) is 5.76. The van der Waals surface area contributed by atoms with E-state index in [0.29, 0.717) is 5.02 Å². The molecule has 2 N–H and O–H groups in total. The first kappa shape index (κ1) is 14.0. The Morgan fingerprint density at radius 1 is 1.19 bits per heavy atom. The number of halogens is 1. The predicted molar refractivity (Wildman–Crippen MR) is 89.7 cm³/mol. The van der Waals surface area contributed by atoms with Crippen LogP contribution in [0.4, 0.5) is 5.69 Å². The molecule has 0 spiro atoms. The molecule has 3 aromatic rings. The van der Waals surface area contributed by atoms with E-state index >= 15 is 0 Å². The molecule has 21 heavy (non-hydrogen) atoms. The largest absolute Gasteiger partial charge is 0.399 e. The lowest BCUT2D eigenvalue weighted by Gasteiger charge is -2.12. The molecule has 0 fully saturated rings. The molecule has 0 unspecified atom stereocenters. The number of fused-ring (bicyclic) bond motifs is 1. The first-order valence-corrected chi connectivity index (χ1v) is 7.42. The van der Waals surface area contributed by atoms with E-state index in [9.17, 15) is 0 Å². The Labute approximate surface area is 129 Å². The quantitative estimate of drug-likeness (QED) is 0.704. The molecule has 0 saturated carbocycles. The molecule has 3 rings (SSSR count). The van der Waals surface area contributed by atoms with E-state index in [4.69, 9.17) is 22.3 Å². The van der Waals surface area contributed by atoms with Gasteiger partial charge in [-0.05, 0) is 62.2 Å². The van der Waals surface area contributed by atoms with Crippen molar-refractivity contribution in [1.82, 2.24) is 9.55 Å². The van der Waals surface area contributed by atoms with Crippen LogP contribution in [0.15, 0.2) is 30.3 Å². The normalized spacial score (nSPS) is 11.2. The molecule has 1 aromatic heterocycles. The molecular weight excluding hydrogens is 282 g/mol. The molecular formula is C17H18ClN3. The third-order valence-corrected chi connectivity index (χ3v) is 4.19. The lowest BCUT2D eigenvalue weighted by molar-refractivity contribution is 0.795. The average Bonchev–Trinajstić information content (AvgIpc) is 2.79. The summed E-state index contributed by atoms with van der Waals surface area (Å²) in [6, 6.07) is 9.82. The second-order valence-electron chi connectivity index (χ2n) is 5.32. The zero-order chi connectivity index (χ0) is 15.1. The van der Waals surface area contributed by atoms with Crippen LogP contribution >= 0.6 is 11.6 Å². The molecule has 108 valence electrons. The van der Waals surface area contributed by atoms with Gasteiger partial charge in [-0.2, -0.15) is 0 Å². The van der Waals surface area contributed by atoms with E-state index < -0.39 is 0 Å². The maximum Gasteiger partial charge on any atom is 0.141 e. The molecule has 1 heterocycles. The summed E-state index contributed by atoms with van der Waals surface area (Å²) < 4.78 is 2.20. The number of benzene rings is 2. The van der Waals surface area contributed by atoms with Gasteiger partial charge in [0.15, 0.2) is 0 Å². The second kappa shape index (κ2) is 5.08. The Bertz CT molecular complexity index is 834. The number of aryl methyl sites for hydroxylation is 2. The zero-order valence-electron chi connectivity index (χ0n) is 12.4. The summed E-state index contributed by atoms with van der Waals surface area (Å²) >= 11 is 6.08. The highest BCUT2D eigenvalue weighted by Gasteiger charge is 2.15. The van der Waals surface area contributed by atoms with Crippen LogP contribution in [0.5, 0.6) is 0 Å². The van der Waals surface area contributed by atoms with Crippen molar-refractivity contribution < 1.29 is 0 Å². The van der Waals surface area contributed by atoms with E-state index in [2.05, 4.69) is 25.3 Å². The molecule has 0 aliphatic heterocycles. The van der Waals surface area contributed by atoms with Crippen LogP contribution in [0.25, 0.3) is 22.4 Å². The van der Waals surface area contributed by atoms with E-state index in [1.807, 2.05) is 30.3 Å². The third kappa shape index (κ3) is 2.28. The van der Waals surface area contributed by atoms with Gasteiger partial charge in [-0.3, -0.25) is 0 Å². The van der Waals surface area contributed by atoms with Crippen molar-refractivity contribution in [3.8, 4) is 11.4 Å². The maximum atomic E-state index is 6.08. The van der Waals surface area contributed by atoms with Crippen molar-refractivity contribution in [2.75, 3.05) is 5.73 Å². The summed E-state index contributed by atoms with van der Waals surface area (Å²) in [7, 11) is 0. The standard InChI is InChI=1S/C17H18ClN3/c1-4-21-16-6-5-12(18)8-15(16)20-17(21)14-9-13(19)7-10(2)11(14)3/h5-9H,4,19H2,1-3H3. The number of aromatic nitrogens is 2. The van der Waals surface area contributed by atoms with Crippen LogP contribution in [0.2, 0.25) is 5.02 Å².